The Bertz CT molecular complexity index is 1020. The van der Waals surface area contributed by atoms with Gasteiger partial charge in [0.15, 0.2) is 4.80 Å². The quantitative estimate of drug-likeness (QED) is 0.653. The average molecular weight is 375 g/mol. The SMILES string of the molecule is CCn1c(=NC(=O)c2ccc(C(=O)OC)cc2)sc2cc(Cl)ccc21. The summed E-state index contributed by atoms with van der Waals surface area (Å²) >= 11 is 7.45. The van der Waals surface area contributed by atoms with Gasteiger partial charge in [-0.15, -0.1) is 0 Å². The predicted octanol–water partition coefficient (Wildman–Crippen LogP) is 3.90. The van der Waals surface area contributed by atoms with Crippen molar-refractivity contribution in [1.82, 2.24) is 4.57 Å². The summed E-state index contributed by atoms with van der Waals surface area (Å²) in [6, 6.07) is 11.8. The molecular weight excluding hydrogens is 360 g/mol. The van der Waals surface area contributed by atoms with Gasteiger partial charge in [0.1, 0.15) is 0 Å². The molecular formula is C18H15ClN2O3S. The van der Waals surface area contributed by atoms with Gasteiger partial charge in [-0.05, 0) is 49.4 Å². The summed E-state index contributed by atoms with van der Waals surface area (Å²) < 4.78 is 7.59. The molecule has 0 fully saturated rings. The van der Waals surface area contributed by atoms with Crippen LogP contribution in [0.4, 0.5) is 0 Å². The molecule has 3 aromatic rings. The second kappa shape index (κ2) is 7.21. The maximum absolute atomic E-state index is 12.5. The number of esters is 1. The maximum atomic E-state index is 12.5. The molecule has 0 aliphatic heterocycles. The van der Waals surface area contributed by atoms with Crippen LogP contribution in [0.5, 0.6) is 0 Å². The molecule has 0 spiro atoms. The third kappa shape index (κ3) is 3.50. The number of carbonyl (C=O) groups is 2. The molecule has 0 radical (unpaired) electrons. The van der Waals surface area contributed by atoms with E-state index in [1.807, 2.05) is 29.7 Å². The minimum Gasteiger partial charge on any atom is -0.465 e. The molecule has 0 saturated carbocycles. The molecule has 2 aromatic carbocycles. The van der Waals surface area contributed by atoms with Crippen molar-refractivity contribution in [3.05, 3.63) is 63.4 Å². The van der Waals surface area contributed by atoms with Gasteiger partial charge < -0.3 is 9.30 Å². The highest BCUT2D eigenvalue weighted by Crippen LogP contribution is 2.22. The normalized spacial score (nSPS) is 11.7. The van der Waals surface area contributed by atoms with Gasteiger partial charge in [0.2, 0.25) is 0 Å². The lowest BCUT2D eigenvalue weighted by Crippen LogP contribution is -2.15. The van der Waals surface area contributed by atoms with Crippen molar-refractivity contribution in [1.29, 1.82) is 0 Å². The zero-order valence-electron chi connectivity index (χ0n) is 13.7. The van der Waals surface area contributed by atoms with Crippen molar-refractivity contribution in [2.75, 3.05) is 7.11 Å². The van der Waals surface area contributed by atoms with Crippen LogP contribution in [0, 0.1) is 0 Å². The first-order valence-electron chi connectivity index (χ1n) is 7.60. The average Bonchev–Trinajstić information content (AvgIpc) is 2.96. The van der Waals surface area contributed by atoms with Crippen LogP contribution < -0.4 is 4.80 Å². The minimum atomic E-state index is -0.443. The van der Waals surface area contributed by atoms with E-state index in [1.54, 1.807) is 24.3 Å². The smallest absolute Gasteiger partial charge is 0.337 e. The molecule has 128 valence electrons. The Morgan fingerprint density at radius 3 is 2.48 bits per heavy atom. The Morgan fingerprint density at radius 2 is 1.84 bits per heavy atom. The molecule has 0 bridgehead atoms. The van der Waals surface area contributed by atoms with Gasteiger partial charge in [0, 0.05) is 17.1 Å². The fraction of sp³-hybridized carbons (Fsp3) is 0.167. The molecule has 0 aliphatic rings. The van der Waals surface area contributed by atoms with Crippen molar-refractivity contribution in [2.24, 2.45) is 4.99 Å². The zero-order chi connectivity index (χ0) is 18.0. The van der Waals surface area contributed by atoms with Crippen LogP contribution in [0.3, 0.4) is 0 Å². The molecule has 7 heteroatoms. The van der Waals surface area contributed by atoms with E-state index < -0.39 is 5.97 Å². The van der Waals surface area contributed by atoms with Crippen LogP contribution in [0.25, 0.3) is 10.2 Å². The second-order valence-electron chi connectivity index (χ2n) is 5.23. The molecule has 3 rings (SSSR count). The number of benzene rings is 2. The third-order valence-corrected chi connectivity index (χ3v) is 4.99. The lowest BCUT2D eigenvalue weighted by molar-refractivity contribution is 0.0600. The van der Waals surface area contributed by atoms with Crippen LogP contribution in [-0.4, -0.2) is 23.6 Å². The summed E-state index contributed by atoms with van der Waals surface area (Å²) in [5.41, 5.74) is 1.79. The maximum Gasteiger partial charge on any atom is 0.337 e. The van der Waals surface area contributed by atoms with E-state index in [0.29, 0.717) is 27.5 Å². The number of thiazole rings is 1. The van der Waals surface area contributed by atoms with Crippen LogP contribution >= 0.6 is 22.9 Å². The number of nitrogens with zero attached hydrogens (tertiary/aromatic N) is 2. The van der Waals surface area contributed by atoms with Gasteiger partial charge in [0.25, 0.3) is 5.91 Å². The summed E-state index contributed by atoms with van der Waals surface area (Å²) in [6.07, 6.45) is 0. The Balaban J connectivity index is 2.01. The Morgan fingerprint density at radius 1 is 1.16 bits per heavy atom. The summed E-state index contributed by atoms with van der Waals surface area (Å²) in [7, 11) is 1.31. The van der Waals surface area contributed by atoms with Crippen LogP contribution in [-0.2, 0) is 11.3 Å². The van der Waals surface area contributed by atoms with E-state index >= 15 is 0 Å². The number of fused-ring (bicyclic) bond motifs is 1. The number of aryl methyl sites for hydroxylation is 1. The highest BCUT2D eigenvalue weighted by atomic mass is 35.5. The lowest BCUT2D eigenvalue weighted by atomic mass is 10.1. The molecule has 1 amide bonds. The summed E-state index contributed by atoms with van der Waals surface area (Å²) in [5.74, 6) is -0.808. The van der Waals surface area contributed by atoms with Crippen molar-refractivity contribution in [3.63, 3.8) is 0 Å². The largest absolute Gasteiger partial charge is 0.465 e. The molecule has 1 aromatic heterocycles. The molecule has 25 heavy (non-hydrogen) atoms. The number of ether oxygens (including phenoxy) is 1. The number of aromatic nitrogens is 1. The van der Waals surface area contributed by atoms with E-state index in [2.05, 4.69) is 9.73 Å². The van der Waals surface area contributed by atoms with Crippen molar-refractivity contribution in [2.45, 2.75) is 13.5 Å². The Kier molecular flexibility index (Phi) is 5.01. The first-order valence-corrected chi connectivity index (χ1v) is 8.79. The first-order chi connectivity index (χ1) is 12.0. The third-order valence-electron chi connectivity index (χ3n) is 3.71. The topological polar surface area (TPSA) is 60.7 Å². The van der Waals surface area contributed by atoms with Crippen LogP contribution in [0.1, 0.15) is 27.6 Å². The number of rotatable bonds is 3. The number of halogens is 1. The van der Waals surface area contributed by atoms with Gasteiger partial charge in [-0.25, -0.2) is 4.79 Å². The standard InChI is InChI=1S/C18H15ClN2O3S/c1-3-21-14-9-8-13(19)10-15(14)25-18(21)20-16(22)11-4-6-12(7-5-11)17(23)24-2/h4-10H,3H2,1-2H3. The van der Waals surface area contributed by atoms with E-state index in [9.17, 15) is 9.59 Å². The molecule has 0 aliphatic carbocycles. The summed E-state index contributed by atoms with van der Waals surface area (Å²) in [6.45, 7) is 2.68. The first kappa shape index (κ1) is 17.4. The molecule has 0 saturated heterocycles. The van der Waals surface area contributed by atoms with Crippen molar-refractivity contribution in [3.8, 4) is 0 Å². The van der Waals surface area contributed by atoms with Gasteiger partial charge in [-0.1, -0.05) is 22.9 Å². The lowest BCUT2D eigenvalue weighted by Gasteiger charge is -2.01. The van der Waals surface area contributed by atoms with Gasteiger partial charge in [-0.3, -0.25) is 4.79 Å². The van der Waals surface area contributed by atoms with Gasteiger partial charge in [0.05, 0.1) is 22.9 Å². The Hall–Kier alpha value is -2.44. The summed E-state index contributed by atoms with van der Waals surface area (Å²) in [4.78, 5) is 28.8. The van der Waals surface area contributed by atoms with Crippen molar-refractivity contribution < 1.29 is 14.3 Å². The zero-order valence-corrected chi connectivity index (χ0v) is 15.2. The Labute approximate surface area is 153 Å². The highest BCUT2D eigenvalue weighted by Gasteiger charge is 2.10. The number of hydrogen-bond acceptors (Lipinski definition) is 4. The van der Waals surface area contributed by atoms with E-state index in [0.717, 1.165) is 10.2 Å². The summed E-state index contributed by atoms with van der Waals surface area (Å²) in [5, 5.41) is 0.647. The molecule has 5 nitrogen and oxygen atoms in total. The monoisotopic (exact) mass is 374 g/mol. The van der Waals surface area contributed by atoms with Crippen molar-refractivity contribution >= 4 is 45.0 Å². The van der Waals surface area contributed by atoms with Gasteiger partial charge >= 0.3 is 5.97 Å². The second-order valence-corrected chi connectivity index (χ2v) is 6.67. The number of methoxy groups -OCH3 is 1. The minimum absolute atomic E-state index is 0.365. The molecule has 0 atom stereocenters. The van der Waals surface area contributed by atoms with E-state index in [4.69, 9.17) is 11.6 Å². The van der Waals surface area contributed by atoms with Gasteiger partial charge in [-0.2, -0.15) is 4.99 Å². The molecule has 0 unspecified atom stereocenters. The fourth-order valence-corrected chi connectivity index (χ4v) is 3.82. The van der Waals surface area contributed by atoms with E-state index in [1.165, 1.54) is 18.4 Å². The molecule has 0 N–H and O–H groups in total. The van der Waals surface area contributed by atoms with Crippen LogP contribution in [0.2, 0.25) is 5.02 Å². The predicted molar refractivity (Wildman–Crippen MR) is 98.2 cm³/mol. The number of hydrogen-bond donors (Lipinski definition) is 0. The fourth-order valence-electron chi connectivity index (χ4n) is 2.46. The molecule has 1 heterocycles. The highest BCUT2D eigenvalue weighted by molar-refractivity contribution is 7.16. The number of carbonyl (C=O) groups excluding carboxylic acids is 2. The van der Waals surface area contributed by atoms with E-state index in [-0.39, 0.29) is 5.91 Å². The van der Waals surface area contributed by atoms with Crippen LogP contribution in [0.15, 0.2) is 47.5 Å². The number of amides is 1.